The Labute approximate surface area is 231 Å². The van der Waals surface area contributed by atoms with Gasteiger partial charge in [-0.25, -0.2) is 13.6 Å². The molecule has 9 nitrogen and oxygen atoms in total. The van der Waals surface area contributed by atoms with Gasteiger partial charge in [0, 0.05) is 24.6 Å². The predicted octanol–water partition coefficient (Wildman–Crippen LogP) is 3.42. The van der Waals surface area contributed by atoms with Gasteiger partial charge in [0.05, 0.1) is 17.2 Å². The minimum absolute atomic E-state index is 0.0386. The molecule has 4 amide bonds. The van der Waals surface area contributed by atoms with Gasteiger partial charge in [0.15, 0.2) is 0 Å². The second-order valence-corrected chi connectivity index (χ2v) is 9.86. The highest BCUT2D eigenvalue weighted by Crippen LogP contribution is 2.35. The minimum atomic E-state index is -1.14. The lowest BCUT2D eigenvalue weighted by Gasteiger charge is -2.38. The number of nitrogens with one attached hydrogen (secondary N) is 3. The predicted molar refractivity (Wildman–Crippen MR) is 143 cm³/mol. The highest BCUT2D eigenvalue weighted by Gasteiger charge is 2.37. The van der Waals surface area contributed by atoms with Crippen LogP contribution in [0.4, 0.5) is 13.6 Å². The molecule has 0 spiro atoms. The van der Waals surface area contributed by atoms with E-state index in [2.05, 4.69) is 26.9 Å². The molecule has 40 heavy (non-hydrogen) atoms. The van der Waals surface area contributed by atoms with Crippen LogP contribution in [0, 0.1) is 23.0 Å². The molecule has 0 aromatic heterocycles. The molecule has 1 unspecified atom stereocenters. The third kappa shape index (κ3) is 6.13. The second kappa shape index (κ2) is 12.7. The van der Waals surface area contributed by atoms with Crippen LogP contribution in [0.5, 0.6) is 0 Å². The van der Waals surface area contributed by atoms with Crippen LogP contribution < -0.4 is 16.0 Å². The number of rotatable bonds is 10. The van der Waals surface area contributed by atoms with Gasteiger partial charge in [-0.15, -0.1) is 0 Å². The van der Waals surface area contributed by atoms with Crippen LogP contribution >= 0.6 is 0 Å². The number of carbonyl (C=O) groups is 3. The highest BCUT2D eigenvalue weighted by molar-refractivity contribution is 5.83. The summed E-state index contributed by atoms with van der Waals surface area (Å²) in [5.74, 6) is -1.93. The Morgan fingerprint density at radius 3 is 2.58 bits per heavy atom. The number of halogens is 2. The molecule has 4 rings (SSSR count). The van der Waals surface area contributed by atoms with Crippen LogP contribution in [0.1, 0.15) is 49.8 Å². The van der Waals surface area contributed by atoms with Crippen molar-refractivity contribution in [2.45, 2.75) is 44.1 Å². The van der Waals surface area contributed by atoms with Gasteiger partial charge in [-0.3, -0.25) is 19.8 Å². The van der Waals surface area contributed by atoms with E-state index in [1.807, 2.05) is 30.3 Å². The normalized spacial score (nSPS) is 18.8. The molecule has 2 aromatic rings. The zero-order valence-electron chi connectivity index (χ0n) is 22.3. The number of hydrogen-bond donors (Lipinski definition) is 3. The Morgan fingerprint density at radius 2 is 1.95 bits per heavy atom. The number of benzene rings is 2. The molecule has 2 aromatic carbocycles. The van der Waals surface area contributed by atoms with Crippen molar-refractivity contribution < 1.29 is 23.2 Å². The van der Waals surface area contributed by atoms with E-state index < -0.39 is 29.1 Å². The van der Waals surface area contributed by atoms with E-state index in [9.17, 15) is 28.4 Å². The molecule has 210 valence electrons. The van der Waals surface area contributed by atoms with Gasteiger partial charge in [0.2, 0.25) is 12.3 Å². The Hall–Kier alpha value is -4.30. The SMILES string of the molecule is CCN(C(=O)CCCN1CCC(C#N)(c2ccccc2)CC1)C1=C(NC=O)C(c2ccc(F)cc2F)NC(=O)N1. The summed E-state index contributed by atoms with van der Waals surface area (Å²) < 4.78 is 28.1. The molecule has 0 saturated carbocycles. The van der Waals surface area contributed by atoms with Gasteiger partial charge in [-0.05, 0) is 57.5 Å². The highest BCUT2D eigenvalue weighted by atomic mass is 19.1. The maximum atomic E-state index is 14.6. The Bertz CT molecular complexity index is 1320. The number of amides is 4. The largest absolute Gasteiger partial charge is 0.327 e. The van der Waals surface area contributed by atoms with Gasteiger partial charge in [0.25, 0.3) is 0 Å². The standard InChI is InChI=1S/C29H32F2N6O3/c1-2-37(27-26(33-19-38)25(34-28(40)35-27)22-11-10-21(30)17-23(22)31)24(39)9-6-14-36-15-12-29(18-32,13-16-36)20-7-4-3-5-8-20/h3-5,7-8,10-11,17,19,25H,2,6,9,12-16H2,1H3,(H,33,38)(H2,34,35,40). The molecule has 3 N–H and O–H groups in total. The lowest BCUT2D eigenvalue weighted by molar-refractivity contribution is -0.129. The molecule has 2 aliphatic rings. The summed E-state index contributed by atoms with van der Waals surface area (Å²) in [6, 6.07) is 13.4. The van der Waals surface area contributed by atoms with Gasteiger partial charge >= 0.3 is 6.03 Å². The summed E-state index contributed by atoms with van der Waals surface area (Å²) in [6.45, 7) is 4.04. The van der Waals surface area contributed by atoms with E-state index in [0.717, 1.165) is 24.7 Å². The summed E-state index contributed by atoms with van der Waals surface area (Å²) in [5.41, 5.74) is 0.534. The van der Waals surface area contributed by atoms with Gasteiger partial charge < -0.3 is 15.5 Å². The van der Waals surface area contributed by atoms with Crippen molar-refractivity contribution in [2.24, 2.45) is 0 Å². The number of nitrogens with zero attached hydrogens (tertiary/aromatic N) is 3. The van der Waals surface area contributed by atoms with Crippen LogP contribution in [0.25, 0.3) is 0 Å². The van der Waals surface area contributed by atoms with Crippen LogP contribution in [0.15, 0.2) is 60.0 Å². The van der Waals surface area contributed by atoms with E-state index in [1.165, 1.54) is 11.0 Å². The van der Waals surface area contributed by atoms with E-state index in [0.29, 0.717) is 38.3 Å². The van der Waals surface area contributed by atoms with Crippen molar-refractivity contribution in [1.29, 1.82) is 5.26 Å². The maximum Gasteiger partial charge on any atom is 0.321 e. The summed E-state index contributed by atoms with van der Waals surface area (Å²) in [7, 11) is 0. The maximum absolute atomic E-state index is 14.6. The number of urea groups is 1. The molecule has 0 aliphatic carbocycles. The first-order chi connectivity index (χ1) is 19.3. The van der Waals surface area contributed by atoms with Crippen LogP contribution in [-0.4, -0.2) is 54.3 Å². The quantitative estimate of drug-likeness (QED) is 0.392. The lowest BCUT2D eigenvalue weighted by Crippen LogP contribution is -2.52. The molecular weight excluding hydrogens is 518 g/mol. The monoisotopic (exact) mass is 550 g/mol. The van der Waals surface area contributed by atoms with E-state index >= 15 is 0 Å². The third-order valence-corrected chi connectivity index (χ3v) is 7.54. The smallest absolute Gasteiger partial charge is 0.321 e. The third-order valence-electron chi connectivity index (χ3n) is 7.54. The first-order valence-corrected chi connectivity index (χ1v) is 13.3. The Balaban J connectivity index is 1.43. The van der Waals surface area contributed by atoms with Crippen molar-refractivity contribution in [1.82, 2.24) is 25.8 Å². The minimum Gasteiger partial charge on any atom is -0.327 e. The molecular formula is C29H32F2N6O3. The fraction of sp³-hybridized carbons (Fsp3) is 0.379. The van der Waals surface area contributed by atoms with Crippen LogP contribution in [-0.2, 0) is 15.0 Å². The van der Waals surface area contributed by atoms with E-state index in [1.54, 1.807) is 6.92 Å². The first kappa shape index (κ1) is 28.7. The zero-order valence-corrected chi connectivity index (χ0v) is 22.3. The number of likely N-dealkylation sites (tertiary alicyclic amines) is 1. The van der Waals surface area contributed by atoms with E-state index in [4.69, 9.17) is 0 Å². The number of nitriles is 1. The number of carbonyl (C=O) groups excluding carboxylic acids is 3. The van der Waals surface area contributed by atoms with Crippen molar-refractivity contribution in [3.63, 3.8) is 0 Å². The van der Waals surface area contributed by atoms with Crippen molar-refractivity contribution in [2.75, 3.05) is 26.2 Å². The lowest BCUT2D eigenvalue weighted by atomic mass is 9.74. The van der Waals surface area contributed by atoms with Gasteiger partial charge in [0.1, 0.15) is 23.5 Å². The number of hydrogen-bond acceptors (Lipinski definition) is 5. The van der Waals surface area contributed by atoms with Crippen molar-refractivity contribution >= 4 is 18.3 Å². The number of piperidine rings is 1. The average molecular weight is 551 g/mol. The Morgan fingerprint density at radius 1 is 1.23 bits per heavy atom. The average Bonchev–Trinajstić information content (AvgIpc) is 2.96. The molecule has 11 heteroatoms. The Kier molecular flexibility index (Phi) is 9.11. The van der Waals surface area contributed by atoms with Crippen molar-refractivity contribution in [3.8, 4) is 6.07 Å². The fourth-order valence-electron chi connectivity index (χ4n) is 5.38. The summed E-state index contributed by atoms with van der Waals surface area (Å²) in [6.07, 6.45) is 2.50. The molecule has 2 aliphatic heterocycles. The summed E-state index contributed by atoms with van der Waals surface area (Å²) in [4.78, 5) is 40.8. The van der Waals surface area contributed by atoms with Crippen LogP contribution in [0.2, 0.25) is 0 Å². The molecule has 0 radical (unpaired) electrons. The van der Waals surface area contributed by atoms with Crippen molar-refractivity contribution in [3.05, 3.63) is 82.8 Å². The van der Waals surface area contributed by atoms with Gasteiger partial charge in [-0.1, -0.05) is 36.4 Å². The topological polar surface area (TPSA) is 118 Å². The van der Waals surface area contributed by atoms with Gasteiger partial charge in [-0.2, -0.15) is 5.26 Å². The fourth-order valence-corrected chi connectivity index (χ4v) is 5.38. The van der Waals surface area contributed by atoms with Crippen LogP contribution in [0.3, 0.4) is 0 Å². The molecule has 1 fully saturated rings. The first-order valence-electron chi connectivity index (χ1n) is 13.3. The molecule has 2 heterocycles. The molecule has 1 saturated heterocycles. The molecule has 0 bridgehead atoms. The zero-order chi connectivity index (χ0) is 28.7. The van der Waals surface area contributed by atoms with E-state index in [-0.39, 0.29) is 36.0 Å². The summed E-state index contributed by atoms with van der Waals surface area (Å²) in [5, 5.41) is 17.5. The second-order valence-electron chi connectivity index (χ2n) is 9.86. The summed E-state index contributed by atoms with van der Waals surface area (Å²) >= 11 is 0. The molecule has 1 atom stereocenters.